The van der Waals surface area contributed by atoms with E-state index in [0.29, 0.717) is 0 Å². The molecule has 192 valence electrons. The number of hydrogen-bond acceptors (Lipinski definition) is 2. The van der Waals surface area contributed by atoms with E-state index in [0.717, 1.165) is 0 Å². The van der Waals surface area contributed by atoms with Crippen LogP contribution in [0, 0.1) is 0 Å². The van der Waals surface area contributed by atoms with Crippen molar-refractivity contribution in [2.45, 2.75) is 0 Å². The highest BCUT2D eigenvalue weighted by Crippen LogP contribution is 2.43. The third-order valence-corrected chi connectivity index (χ3v) is 12.9. The van der Waals surface area contributed by atoms with E-state index in [1.165, 1.54) is 77.8 Å². The van der Waals surface area contributed by atoms with Crippen molar-refractivity contribution < 1.29 is 0 Å². The van der Waals surface area contributed by atoms with E-state index in [9.17, 15) is 0 Å². The van der Waals surface area contributed by atoms with Crippen molar-refractivity contribution in [1.29, 1.82) is 0 Å². The van der Waals surface area contributed by atoms with E-state index in [-0.39, 0.29) is 0 Å². The fourth-order valence-corrected chi connectivity index (χ4v) is 11.3. The zero-order valence-corrected chi connectivity index (χ0v) is 24.6. The predicted molar refractivity (Wildman–Crippen MR) is 186 cm³/mol. The van der Waals surface area contributed by atoms with Crippen LogP contribution < -0.4 is 15.9 Å². The predicted octanol–water partition coefficient (Wildman–Crippen LogP) is 10.5. The maximum absolute atomic E-state index is 2.48. The molecule has 0 aliphatic rings. The van der Waals surface area contributed by atoms with Crippen molar-refractivity contribution in [3.05, 3.63) is 140 Å². The van der Waals surface area contributed by atoms with Crippen molar-refractivity contribution >= 4 is 108 Å². The normalized spacial score (nSPS) is 12.1. The topological polar surface area (TPSA) is 0 Å². The van der Waals surface area contributed by atoms with Crippen molar-refractivity contribution in [3.8, 4) is 0 Å². The summed E-state index contributed by atoms with van der Waals surface area (Å²) in [5.74, 6) is 0. The first-order valence-electron chi connectivity index (χ1n) is 13.9. The van der Waals surface area contributed by atoms with Crippen LogP contribution in [-0.2, 0) is 0 Å². The van der Waals surface area contributed by atoms with E-state index >= 15 is 0 Å². The lowest BCUT2D eigenvalue weighted by Crippen LogP contribution is -2.21. The molecule has 0 N–H and O–H groups in total. The van der Waals surface area contributed by atoms with Crippen LogP contribution in [0.2, 0.25) is 0 Å². The largest absolute Gasteiger partial charge is 0.135 e. The van der Waals surface area contributed by atoms with E-state index in [4.69, 9.17) is 0 Å². The smallest absolute Gasteiger partial charge is 0.0361 e. The summed E-state index contributed by atoms with van der Waals surface area (Å²) in [7, 11) is -0.811. The van der Waals surface area contributed by atoms with Crippen LogP contribution in [-0.4, -0.2) is 0 Å². The summed E-state index contributed by atoms with van der Waals surface area (Å²) < 4.78 is 5.44. The maximum atomic E-state index is 2.48. The van der Waals surface area contributed by atoms with E-state index in [1.807, 2.05) is 22.7 Å². The van der Waals surface area contributed by atoms with Gasteiger partial charge in [0.2, 0.25) is 0 Å². The third kappa shape index (κ3) is 3.69. The molecule has 2 aromatic heterocycles. The first-order chi connectivity index (χ1) is 20.3. The van der Waals surface area contributed by atoms with Crippen LogP contribution in [0.3, 0.4) is 0 Å². The molecule has 3 heteroatoms. The van der Waals surface area contributed by atoms with Gasteiger partial charge >= 0.3 is 0 Å². The van der Waals surface area contributed by atoms with Crippen LogP contribution in [0.15, 0.2) is 140 Å². The van der Waals surface area contributed by atoms with E-state index in [2.05, 4.69) is 140 Å². The quantitative estimate of drug-likeness (QED) is 0.145. The van der Waals surface area contributed by atoms with Crippen molar-refractivity contribution in [2.24, 2.45) is 0 Å². The second-order valence-electron chi connectivity index (χ2n) is 10.6. The summed E-state index contributed by atoms with van der Waals surface area (Å²) in [5, 5.41) is 15.0. The molecule has 41 heavy (non-hydrogen) atoms. The Morgan fingerprint density at radius 3 is 1.41 bits per heavy atom. The van der Waals surface area contributed by atoms with Gasteiger partial charge in [-0.1, -0.05) is 109 Å². The molecule has 0 amide bonds. The fraction of sp³-hybridized carbons (Fsp3) is 0. The van der Waals surface area contributed by atoms with Crippen LogP contribution >= 0.6 is 30.6 Å². The number of thiophene rings is 2. The Morgan fingerprint density at radius 1 is 0.341 bits per heavy atom. The Hall–Kier alpha value is -4.07. The van der Waals surface area contributed by atoms with Gasteiger partial charge in [0.1, 0.15) is 0 Å². The first-order valence-corrected chi connectivity index (χ1v) is 16.8. The Bertz CT molecular complexity index is 2330. The van der Waals surface area contributed by atoms with Crippen LogP contribution in [0.1, 0.15) is 0 Å². The van der Waals surface area contributed by atoms with Crippen molar-refractivity contribution in [1.82, 2.24) is 0 Å². The minimum atomic E-state index is -0.811. The minimum absolute atomic E-state index is 0.811. The molecule has 2 heterocycles. The third-order valence-electron chi connectivity index (χ3n) is 8.23. The highest BCUT2D eigenvalue weighted by molar-refractivity contribution is 7.80. The average Bonchev–Trinajstić information content (AvgIpc) is 3.59. The van der Waals surface area contributed by atoms with E-state index < -0.39 is 7.92 Å². The molecule has 0 saturated heterocycles. The van der Waals surface area contributed by atoms with Crippen LogP contribution in [0.5, 0.6) is 0 Å². The molecule has 7 aromatic carbocycles. The molecule has 0 atom stereocenters. The standard InChI is InChI=1S/C38H23PS2/c1-2-10-27-24(9-1)21-34(29-12-4-3-11-28(27)29)39(25-17-19-32-30-13-5-7-15-35(30)40-37(32)22-25)26-18-20-33-31-14-6-8-16-36(31)41-38(33)23-26/h1-23H. The molecule has 0 nitrogen and oxygen atoms in total. The summed E-state index contributed by atoms with van der Waals surface area (Å²) in [5.41, 5.74) is 0. The lowest BCUT2D eigenvalue weighted by molar-refractivity contribution is 1.78. The van der Waals surface area contributed by atoms with Gasteiger partial charge in [0.15, 0.2) is 0 Å². The second kappa shape index (κ2) is 9.23. The number of benzene rings is 7. The molecule has 0 spiro atoms. The van der Waals surface area contributed by atoms with Gasteiger partial charge in [-0.15, -0.1) is 22.7 Å². The number of fused-ring (bicyclic) bond motifs is 9. The maximum Gasteiger partial charge on any atom is 0.0361 e. The Kier molecular flexibility index (Phi) is 5.31. The van der Waals surface area contributed by atoms with Crippen LogP contribution in [0.4, 0.5) is 0 Å². The number of rotatable bonds is 3. The molecule has 9 aromatic rings. The van der Waals surface area contributed by atoms with Gasteiger partial charge < -0.3 is 0 Å². The Balaban J connectivity index is 1.36. The van der Waals surface area contributed by atoms with Crippen molar-refractivity contribution in [3.63, 3.8) is 0 Å². The van der Waals surface area contributed by atoms with Gasteiger partial charge in [-0.3, -0.25) is 0 Å². The zero-order chi connectivity index (χ0) is 26.9. The highest BCUT2D eigenvalue weighted by atomic mass is 32.1. The molecule has 0 aliphatic carbocycles. The summed E-state index contributed by atoms with van der Waals surface area (Å²) in [6.45, 7) is 0. The van der Waals surface area contributed by atoms with Gasteiger partial charge in [-0.25, -0.2) is 0 Å². The van der Waals surface area contributed by atoms with Crippen LogP contribution in [0.25, 0.3) is 61.9 Å². The molecule has 0 fully saturated rings. The van der Waals surface area contributed by atoms with Gasteiger partial charge in [0.25, 0.3) is 0 Å². The van der Waals surface area contributed by atoms with Gasteiger partial charge in [0.05, 0.1) is 0 Å². The molecule has 0 bridgehead atoms. The number of hydrogen-bond donors (Lipinski definition) is 0. The lowest BCUT2D eigenvalue weighted by atomic mass is 10.0. The average molecular weight is 575 g/mol. The molecule has 9 rings (SSSR count). The summed E-state index contributed by atoms with van der Waals surface area (Å²) in [6, 6.07) is 52.3. The SMILES string of the molecule is c1ccc2c(c1)cc(P(c1ccc3c(c1)sc1ccccc13)c1ccc3c(c1)sc1ccccc13)c1ccccc12. The Morgan fingerprint density at radius 2 is 0.805 bits per heavy atom. The summed E-state index contributed by atoms with van der Waals surface area (Å²) >= 11 is 3.82. The molecular weight excluding hydrogens is 552 g/mol. The molecule has 0 radical (unpaired) electrons. The fourth-order valence-electron chi connectivity index (χ4n) is 6.35. The zero-order valence-electron chi connectivity index (χ0n) is 22.0. The molecule has 0 saturated carbocycles. The first kappa shape index (κ1) is 23.6. The van der Waals surface area contributed by atoms with Crippen molar-refractivity contribution in [2.75, 3.05) is 0 Å². The minimum Gasteiger partial charge on any atom is -0.135 e. The van der Waals surface area contributed by atoms with Gasteiger partial charge in [0, 0.05) is 40.3 Å². The summed E-state index contributed by atoms with van der Waals surface area (Å²) in [4.78, 5) is 0. The molecule has 0 unspecified atom stereocenters. The highest BCUT2D eigenvalue weighted by Gasteiger charge is 2.22. The second-order valence-corrected chi connectivity index (χ2v) is 14.9. The lowest BCUT2D eigenvalue weighted by Gasteiger charge is -2.22. The Labute approximate surface area is 246 Å². The van der Waals surface area contributed by atoms with Gasteiger partial charge in [-0.05, 0) is 75.7 Å². The van der Waals surface area contributed by atoms with E-state index in [1.54, 1.807) is 0 Å². The molecule has 0 aliphatic heterocycles. The molecular formula is C38H23PS2. The monoisotopic (exact) mass is 574 g/mol. The van der Waals surface area contributed by atoms with Gasteiger partial charge in [-0.2, -0.15) is 0 Å². The summed E-state index contributed by atoms with van der Waals surface area (Å²) in [6.07, 6.45) is 0.